The molecule has 9 heteroatoms. The Hall–Kier alpha value is -1.77. The lowest BCUT2D eigenvalue weighted by Crippen LogP contribution is -2.25. The van der Waals surface area contributed by atoms with Crippen LogP contribution in [0.5, 0.6) is 0 Å². The summed E-state index contributed by atoms with van der Waals surface area (Å²) in [5.41, 5.74) is 2.50. The van der Waals surface area contributed by atoms with Crippen molar-refractivity contribution >= 4 is 43.0 Å². The highest BCUT2D eigenvalue weighted by atomic mass is 35.5. The first-order chi connectivity index (χ1) is 12.1. The molecule has 0 spiro atoms. The highest BCUT2D eigenvalue weighted by Crippen LogP contribution is 2.32. The maximum absolute atomic E-state index is 12.6. The van der Waals surface area contributed by atoms with Crippen LogP contribution in [-0.4, -0.2) is 29.1 Å². The third-order valence-corrected chi connectivity index (χ3v) is 7.92. The first-order valence-electron chi connectivity index (χ1n) is 8.00. The largest absolute Gasteiger partial charge is 0.278 e. The lowest BCUT2D eigenvalue weighted by Gasteiger charge is -2.18. The zero-order valence-corrected chi connectivity index (χ0v) is 16.7. The molecule has 1 aliphatic rings. The fourth-order valence-electron chi connectivity index (χ4n) is 2.76. The van der Waals surface area contributed by atoms with Gasteiger partial charge in [0.2, 0.25) is 10.0 Å². The predicted octanol–water partition coefficient (Wildman–Crippen LogP) is 3.30. The summed E-state index contributed by atoms with van der Waals surface area (Å²) in [4.78, 5) is 0.142. The van der Waals surface area contributed by atoms with Gasteiger partial charge in [-0.2, -0.15) is 0 Å². The molecule has 3 rings (SSSR count). The summed E-state index contributed by atoms with van der Waals surface area (Å²) in [6, 6.07) is 9.35. The molecule has 1 fully saturated rings. The van der Waals surface area contributed by atoms with Crippen molar-refractivity contribution in [1.82, 2.24) is 0 Å². The van der Waals surface area contributed by atoms with E-state index in [1.165, 1.54) is 22.5 Å². The molecule has 26 heavy (non-hydrogen) atoms. The van der Waals surface area contributed by atoms with E-state index in [1.54, 1.807) is 18.2 Å². The predicted molar refractivity (Wildman–Crippen MR) is 104 cm³/mol. The molecule has 0 unspecified atom stereocenters. The minimum atomic E-state index is -3.80. The molecular weight excluding hydrogens is 396 g/mol. The van der Waals surface area contributed by atoms with Crippen molar-refractivity contribution in [3.63, 3.8) is 0 Å². The topological polar surface area (TPSA) is 83.6 Å². The van der Waals surface area contributed by atoms with Gasteiger partial charge in [0.05, 0.1) is 27.0 Å². The molecule has 140 valence electrons. The summed E-state index contributed by atoms with van der Waals surface area (Å²) < 4.78 is 52.9. The number of halogens is 1. The Morgan fingerprint density at radius 2 is 1.81 bits per heavy atom. The van der Waals surface area contributed by atoms with Crippen molar-refractivity contribution in [3.8, 4) is 0 Å². The van der Waals surface area contributed by atoms with Crippen LogP contribution in [0.2, 0.25) is 5.02 Å². The van der Waals surface area contributed by atoms with E-state index in [-0.39, 0.29) is 21.4 Å². The number of benzene rings is 2. The summed E-state index contributed by atoms with van der Waals surface area (Å²) in [6.07, 6.45) is 0.557. The van der Waals surface area contributed by atoms with E-state index < -0.39 is 20.0 Å². The molecule has 0 aliphatic carbocycles. The zero-order chi connectivity index (χ0) is 19.1. The summed E-state index contributed by atoms with van der Waals surface area (Å²) in [5, 5.41) is 0.136. The third-order valence-electron chi connectivity index (χ3n) is 4.37. The minimum Gasteiger partial charge on any atom is -0.278 e. The maximum Gasteiger partial charge on any atom is 0.261 e. The number of nitrogens with zero attached hydrogens (tertiary/aromatic N) is 1. The van der Waals surface area contributed by atoms with Gasteiger partial charge in [-0.05, 0) is 61.7 Å². The van der Waals surface area contributed by atoms with Gasteiger partial charge in [0, 0.05) is 6.54 Å². The molecule has 6 nitrogen and oxygen atoms in total. The molecule has 1 heterocycles. The highest BCUT2D eigenvalue weighted by Gasteiger charge is 2.29. The lowest BCUT2D eigenvalue weighted by atomic mass is 10.1. The standard InChI is InChI=1S/C17H19ClN2O4S2/c1-12-4-6-15(10-13(12)2)26(23,24)19-17-7-5-14(11-16(17)18)20-8-3-9-25(20,21)22/h4-7,10-11,19H,3,8-9H2,1-2H3. The van der Waals surface area contributed by atoms with Gasteiger partial charge < -0.3 is 0 Å². The van der Waals surface area contributed by atoms with Crippen LogP contribution in [0.3, 0.4) is 0 Å². The molecule has 1 N–H and O–H groups in total. The summed E-state index contributed by atoms with van der Waals surface area (Å²) >= 11 is 6.20. The van der Waals surface area contributed by atoms with E-state index in [4.69, 9.17) is 11.6 Å². The van der Waals surface area contributed by atoms with Crippen molar-refractivity contribution in [1.29, 1.82) is 0 Å². The lowest BCUT2D eigenvalue weighted by molar-refractivity contribution is 0.598. The van der Waals surface area contributed by atoms with Crippen LogP contribution in [0, 0.1) is 13.8 Å². The van der Waals surface area contributed by atoms with Crippen molar-refractivity contribution in [2.24, 2.45) is 0 Å². The van der Waals surface area contributed by atoms with Gasteiger partial charge in [-0.15, -0.1) is 0 Å². The second-order valence-corrected chi connectivity index (χ2v) is 10.4. The smallest absolute Gasteiger partial charge is 0.261 e. The number of hydrogen-bond acceptors (Lipinski definition) is 4. The van der Waals surface area contributed by atoms with Gasteiger partial charge in [-0.3, -0.25) is 9.03 Å². The van der Waals surface area contributed by atoms with E-state index in [0.717, 1.165) is 11.1 Å². The van der Waals surface area contributed by atoms with Gasteiger partial charge in [-0.1, -0.05) is 17.7 Å². The second kappa shape index (κ2) is 6.75. The van der Waals surface area contributed by atoms with Gasteiger partial charge in [0.15, 0.2) is 0 Å². The molecule has 0 radical (unpaired) electrons. The molecule has 2 aromatic carbocycles. The Kier molecular flexibility index (Phi) is 4.94. The monoisotopic (exact) mass is 414 g/mol. The summed E-state index contributed by atoms with van der Waals surface area (Å²) in [5.74, 6) is 0.103. The van der Waals surface area contributed by atoms with E-state index in [0.29, 0.717) is 18.7 Å². The molecule has 0 amide bonds. The number of rotatable bonds is 4. The summed E-state index contributed by atoms with van der Waals surface area (Å²) in [6.45, 7) is 4.14. The zero-order valence-electron chi connectivity index (χ0n) is 14.4. The van der Waals surface area contributed by atoms with Crippen LogP contribution in [0.1, 0.15) is 17.5 Å². The molecule has 0 atom stereocenters. The summed E-state index contributed by atoms with van der Waals surface area (Å²) in [7, 11) is -7.12. The first kappa shape index (κ1) is 19.0. The Morgan fingerprint density at radius 1 is 1.08 bits per heavy atom. The van der Waals surface area contributed by atoms with Crippen LogP contribution in [0.4, 0.5) is 11.4 Å². The number of sulfonamides is 2. The normalized spacial score (nSPS) is 16.7. The van der Waals surface area contributed by atoms with Crippen LogP contribution in [-0.2, 0) is 20.0 Å². The Morgan fingerprint density at radius 3 is 2.38 bits per heavy atom. The van der Waals surface area contributed by atoms with Crippen LogP contribution >= 0.6 is 11.6 Å². The average Bonchev–Trinajstić information content (AvgIpc) is 2.91. The van der Waals surface area contributed by atoms with Crippen molar-refractivity contribution in [2.45, 2.75) is 25.2 Å². The fraction of sp³-hybridized carbons (Fsp3) is 0.294. The first-order valence-corrected chi connectivity index (χ1v) is 11.5. The quantitative estimate of drug-likeness (QED) is 0.831. The SMILES string of the molecule is Cc1ccc(S(=O)(=O)Nc2ccc(N3CCCS3(=O)=O)cc2Cl)cc1C. The number of anilines is 2. The van der Waals surface area contributed by atoms with Gasteiger partial charge in [-0.25, -0.2) is 16.8 Å². The molecule has 1 saturated heterocycles. The molecule has 2 aromatic rings. The maximum atomic E-state index is 12.6. The Bertz CT molecular complexity index is 1070. The second-order valence-electron chi connectivity index (χ2n) is 6.26. The molecule has 0 bridgehead atoms. The fourth-order valence-corrected chi connectivity index (χ4v) is 5.76. The van der Waals surface area contributed by atoms with E-state index in [2.05, 4.69) is 4.72 Å². The minimum absolute atomic E-state index is 0.103. The Balaban J connectivity index is 1.89. The molecule has 0 saturated carbocycles. The number of aryl methyl sites for hydroxylation is 2. The van der Waals surface area contributed by atoms with Gasteiger partial charge >= 0.3 is 0 Å². The van der Waals surface area contributed by atoms with Crippen molar-refractivity contribution in [2.75, 3.05) is 21.3 Å². The average molecular weight is 415 g/mol. The molecular formula is C17H19ClN2O4S2. The van der Waals surface area contributed by atoms with Crippen molar-refractivity contribution in [3.05, 3.63) is 52.5 Å². The van der Waals surface area contributed by atoms with E-state index in [9.17, 15) is 16.8 Å². The molecule has 1 aliphatic heterocycles. The Labute approximate surface area is 158 Å². The highest BCUT2D eigenvalue weighted by molar-refractivity contribution is 7.93. The van der Waals surface area contributed by atoms with Crippen LogP contribution < -0.4 is 9.03 Å². The van der Waals surface area contributed by atoms with Crippen molar-refractivity contribution < 1.29 is 16.8 Å². The third kappa shape index (κ3) is 3.67. The van der Waals surface area contributed by atoms with Crippen LogP contribution in [0.15, 0.2) is 41.3 Å². The molecule has 0 aromatic heterocycles. The number of hydrogen-bond donors (Lipinski definition) is 1. The van der Waals surface area contributed by atoms with Crippen LogP contribution in [0.25, 0.3) is 0 Å². The number of nitrogens with one attached hydrogen (secondary N) is 1. The van der Waals surface area contributed by atoms with Gasteiger partial charge in [0.25, 0.3) is 10.0 Å². The van der Waals surface area contributed by atoms with E-state index >= 15 is 0 Å². The van der Waals surface area contributed by atoms with Gasteiger partial charge in [0.1, 0.15) is 0 Å². The van der Waals surface area contributed by atoms with E-state index in [1.807, 2.05) is 13.8 Å².